The van der Waals surface area contributed by atoms with Gasteiger partial charge in [0.25, 0.3) is 0 Å². The van der Waals surface area contributed by atoms with E-state index in [1.165, 1.54) is 0 Å². The second-order valence-corrected chi connectivity index (χ2v) is 4.61. The summed E-state index contributed by atoms with van der Waals surface area (Å²) in [5.74, 6) is 0.310. The number of nitrogens with zero attached hydrogens (tertiary/aromatic N) is 2. The molecule has 0 aliphatic carbocycles. The quantitative estimate of drug-likeness (QED) is 0.684. The van der Waals surface area contributed by atoms with Crippen LogP contribution in [0.4, 0.5) is 0 Å². The molecule has 1 heterocycles. The summed E-state index contributed by atoms with van der Waals surface area (Å²) in [6.45, 7) is 5.69. The lowest BCUT2D eigenvalue weighted by atomic mass is 10.1. The van der Waals surface area contributed by atoms with Crippen molar-refractivity contribution in [1.82, 2.24) is 9.78 Å². The minimum atomic E-state index is 0.310. The third-order valence-electron chi connectivity index (χ3n) is 3.11. The SMILES string of the molecule is CCc1cc(CC(=O)CCCCCN)n(CC)n1. The Hall–Kier alpha value is -1.16. The fourth-order valence-electron chi connectivity index (χ4n) is 2.04. The van der Waals surface area contributed by atoms with Crippen molar-refractivity contribution < 1.29 is 4.79 Å². The molecule has 102 valence electrons. The molecule has 0 amide bonds. The molecule has 0 atom stereocenters. The van der Waals surface area contributed by atoms with Crippen LogP contribution in [0.25, 0.3) is 0 Å². The van der Waals surface area contributed by atoms with Gasteiger partial charge in [-0.15, -0.1) is 0 Å². The van der Waals surface area contributed by atoms with Gasteiger partial charge in [-0.1, -0.05) is 13.3 Å². The van der Waals surface area contributed by atoms with E-state index in [2.05, 4.69) is 25.0 Å². The number of unbranched alkanes of at least 4 members (excludes halogenated alkanes) is 2. The van der Waals surface area contributed by atoms with Crippen LogP contribution in [-0.4, -0.2) is 22.1 Å². The number of carbonyl (C=O) groups is 1. The van der Waals surface area contributed by atoms with Crippen molar-refractivity contribution in [3.63, 3.8) is 0 Å². The molecule has 4 nitrogen and oxygen atoms in total. The molecule has 1 aromatic heterocycles. The Kier molecular flexibility index (Phi) is 6.65. The van der Waals surface area contributed by atoms with Gasteiger partial charge < -0.3 is 5.73 Å². The number of aromatic nitrogens is 2. The van der Waals surface area contributed by atoms with Crippen molar-refractivity contribution in [3.8, 4) is 0 Å². The van der Waals surface area contributed by atoms with Crippen LogP contribution < -0.4 is 5.73 Å². The summed E-state index contributed by atoms with van der Waals surface area (Å²) in [5.41, 5.74) is 7.55. The first-order valence-electron chi connectivity index (χ1n) is 6.98. The summed E-state index contributed by atoms with van der Waals surface area (Å²) in [4.78, 5) is 11.9. The second kappa shape index (κ2) is 8.03. The molecule has 4 heteroatoms. The van der Waals surface area contributed by atoms with E-state index in [9.17, 15) is 4.79 Å². The molecule has 0 aliphatic heterocycles. The number of Topliss-reactive ketones (excluding diaryl/α,β-unsaturated/α-hetero) is 1. The zero-order valence-electron chi connectivity index (χ0n) is 11.6. The molecule has 0 saturated carbocycles. The number of ketones is 1. The molecule has 1 aromatic rings. The van der Waals surface area contributed by atoms with Crippen LogP contribution in [0.3, 0.4) is 0 Å². The second-order valence-electron chi connectivity index (χ2n) is 4.61. The van der Waals surface area contributed by atoms with Gasteiger partial charge in [-0.3, -0.25) is 9.48 Å². The largest absolute Gasteiger partial charge is 0.330 e. The summed E-state index contributed by atoms with van der Waals surface area (Å²) >= 11 is 0. The molecule has 2 N–H and O–H groups in total. The van der Waals surface area contributed by atoms with Crippen molar-refractivity contribution in [3.05, 3.63) is 17.5 Å². The average Bonchev–Trinajstić information content (AvgIpc) is 2.77. The highest BCUT2D eigenvalue weighted by molar-refractivity contribution is 5.80. The number of hydrogen-bond donors (Lipinski definition) is 1. The Morgan fingerprint density at radius 3 is 2.72 bits per heavy atom. The smallest absolute Gasteiger partial charge is 0.138 e. The van der Waals surface area contributed by atoms with Crippen LogP contribution in [0, 0.1) is 0 Å². The molecular weight excluding hydrogens is 226 g/mol. The maximum Gasteiger partial charge on any atom is 0.138 e. The minimum absolute atomic E-state index is 0.310. The number of hydrogen-bond acceptors (Lipinski definition) is 3. The summed E-state index contributed by atoms with van der Waals surface area (Å²) in [6.07, 6.45) is 5.12. The predicted molar refractivity (Wildman–Crippen MR) is 73.5 cm³/mol. The maximum atomic E-state index is 11.9. The number of nitrogens with two attached hydrogens (primary N) is 1. The Balaban J connectivity index is 2.45. The first-order valence-corrected chi connectivity index (χ1v) is 6.98. The zero-order chi connectivity index (χ0) is 13.4. The van der Waals surface area contributed by atoms with E-state index in [1.807, 2.05) is 4.68 Å². The first kappa shape index (κ1) is 14.9. The van der Waals surface area contributed by atoms with Gasteiger partial charge in [0.15, 0.2) is 0 Å². The molecule has 1 rings (SSSR count). The van der Waals surface area contributed by atoms with Gasteiger partial charge in [0, 0.05) is 25.1 Å². The van der Waals surface area contributed by atoms with Gasteiger partial charge in [0.05, 0.1) is 5.69 Å². The third-order valence-corrected chi connectivity index (χ3v) is 3.11. The Bertz CT molecular complexity index is 371. The Morgan fingerprint density at radius 1 is 1.33 bits per heavy atom. The van der Waals surface area contributed by atoms with E-state index >= 15 is 0 Å². The lowest BCUT2D eigenvalue weighted by Gasteiger charge is -2.04. The van der Waals surface area contributed by atoms with Gasteiger partial charge in [-0.05, 0) is 38.8 Å². The highest BCUT2D eigenvalue weighted by Crippen LogP contribution is 2.09. The van der Waals surface area contributed by atoms with E-state index in [4.69, 9.17) is 5.73 Å². The van der Waals surface area contributed by atoms with Crippen LogP contribution in [0.2, 0.25) is 0 Å². The fraction of sp³-hybridized carbons (Fsp3) is 0.714. The maximum absolute atomic E-state index is 11.9. The number of aryl methyl sites for hydroxylation is 2. The highest BCUT2D eigenvalue weighted by atomic mass is 16.1. The van der Waals surface area contributed by atoms with Gasteiger partial charge in [0.2, 0.25) is 0 Å². The standard InChI is InChI=1S/C14H25N3O/c1-3-12-10-13(17(4-2)16-12)11-14(18)8-6-5-7-9-15/h10H,3-9,11,15H2,1-2H3. The van der Waals surface area contributed by atoms with Crippen LogP contribution in [0.5, 0.6) is 0 Å². The van der Waals surface area contributed by atoms with Crippen molar-refractivity contribution >= 4 is 5.78 Å². The monoisotopic (exact) mass is 251 g/mol. The summed E-state index contributed by atoms with van der Waals surface area (Å²) in [5, 5.41) is 4.46. The Labute approximate surface area is 110 Å². The van der Waals surface area contributed by atoms with Gasteiger partial charge >= 0.3 is 0 Å². The third kappa shape index (κ3) is 4.61. The molecule has 0 bridgehead atoms. The molecule has 0 spiro atoms. The van der Waals surface area contributed by atoms with Gasteiger partial charge in [-0.25, -0.2) is 0 Å². The first-order chi connectivity index (χ1) is 8.71. The number of carbonyl (C=O) groups excluding carboxylic acids is 1. The molecule has 0 fully saturated rings. The van der Waals surface area contributed by atoms with E-state index in [0.717, 1.165) is 50.2 Å². The van der Waals surface area contributed by atoms with Gasteiger partial charge in [-0.2, -0.15) is 5.10 Å². The van der Waals surface area contributed by atoms with Crippen molar-refractivity contribution in [2.24, 2.45) is 5.73 Å². The fourth-order valence-corrected chi connectivity index (χ4v) is 2.04. The molecular formula is C14H25N3O. The van der Waals surface area contributed by atoms with E-state index < -0.39 is 0 Å². The normalized spacial score (nSPS) is 10.8. The predicted octanol–water partition coefficient (Wildman–Crippen LogP) is 2.10. The van der Waals surface area contributed by atoms with E-state index in [0.29, 0.717) is 18.6 Å². The topological polar surface area (TPSA) is 60.9 Å². The molecule has 0 radical (unpaired) electrons. The van der Waals surface area contributed by atoms with Crippen LogP contribution in [0.1, 0.15) is 50.9 Å². The van der Waals surface area contributed by atoms with Crippen LogP contribution in [0.15, 0.2) is 6.07 Å². The summed E-state index contributed by atoms with van der Waals surface area (Å²) in [6, 6.07) is 2.06. The zero-order valence-corrected chi connectivity index (χ0v) is 11.6. The lowest BCUT2D eigenvalue weighted by molar-refractivity contribution is -0.118. The lowest BCUT2D eigenvalue weighted by Crippen LogP contribution is -2.09. The van der Waals surface area contributed by atoms with Crippen molar-refractivity contribution in [1.29, 1.82) is 0 Å². The van der Waals surface area contributed by atoms with E-state index in [1.54, 1.807) is 0 Å². The number of rotatable bonds is 9. The molecule has 0 unspecified atom stereocenters. The molecule has 0 aliphatic rings. The van der Waals surface area contributed by atoms with Crippen molar-refractivity contribution in [2.75, 3.05) is 6.54 Å². The minimum Gasteiger partial charge on any atom is -0.330 e. The molecule has 0 saturated heterocycles. The average molecular weight is 251 g/mol. The Morgan fingerprint density at radius 2 is 2.11 bits per heavy atom. The van der Waals surface area contributed by atoms with Gasteiger partial charge in [0.1, 0.15) is 5.78 Å². The summed E-state index contributed by atoms with van der Waals surface area (Å²) in [7, 11) is 0. The highest BCUT2D eigenvalue weighted by Gasteiger charge is 2.10. The summed E-state index contributed by atoms with van der Waals surface area (Å²) < 4.78 is 1.94. The van der Waals surface area contributed by atoms with E-state index in [-0.39, 0.29) is 0 Å². The van der Waals surface area contributed by atoms with Crippen molar-refractivity contribution in [2.45, 2.75) is 58.9 Å². The molecule has 0 aromatic carbocycles. The van der Waals surface area contributed by atoms with Crippen LogP contribution >= 0.6 is 0 Å². The molecule has 18 heavy (non-hydrogen) atoms. The van der Waals surface area contributed by atoms with Crippen LogP contribution in [-0.2, 0) is 24.2 Å².